The number of carbonyl (C=O) groups is 1. The Bertz CT molecular complexity index is 196. The summed E-state index contributed by atoms with van der Waals surface area (Å²) in [5.74, 6) is 0. The highest BCUT2D eigenvalue weighted by molar-refractivity contribution is 5.73. The Hall–Kier alpha value is -0.990. The zero-order valence-electron chi connectivity index (χ0n) is 7.00. The summed E-state index contributed by atoms with van der Waals surface area (Å²) in [7, 11) is 0. The van der Waals surface area contributed by atoms with Crippen molar-refractivity contribution in [1.82, 2.24) is 4.90 Å². The minimum absolute atomic E-state index is 0.111. The molecule has 0 saturated heterocycles. The number of nitrogens with two attached hydrogens (primary N) is 1. The number of rotatable bonds is 0. The van der Waals surface area contributed by atoms with Crippen molar-refractivity contribution in [2.75, 3.05) is 6.54 Å². The van der Waals surface area contributed by atoms with Gasteiger partial charge in [-0.05, 0) is 20.3 Å². The van der Waals surface area contributed by atoms with Crippen LogP contribution in [0.3, 0.4) is 0 Å². The largest absolute Gasteiger partial charge is 0.351 e. The Kier molecular flexibility index (Phi) is 1.89. The maximum absolute atomic E-state index is 10.9. The standard InChI is InChI=1S/C8H14N2O/c1-8(2)5-3-4-6-10(8)7(9)11/h3-4H,5-6H2,1-2H3,(H2,9,11). The molecule has 0 unspecified atom stereocenters. The Morgan fingerprint density at radius 2 is 2.18 bits per heavy atom. The molecule has 1 rings (SSSR count). The van der Waals surface area contributed by atoms with Gasteiger partial charge in [0.15, 0.2) is 0 Å². The van der Waals surface area contributed by atoms with Gasteiger partial charge in [-0.25, -0.2) is 4.79 Å². The van der Waals surface area contributed by atoms with Crippen LogP contribution in [0.1, 0.15) is 20.3 Å². The SMILES string of the molecule is CC1(C)CC=CCN1C(N)=O. The van der Waals surface area contributed by atoms with Gasteiger partial charge >= 0.3 is 6.03 Å². The van der Waals surface area contributed by atoms with Gasteiger partial charge in [-0.1, -0.05) is 12.2 Å². The third kappa shape index (κ3) is 1.53. The molecule has 11 heavy (non-hydrogen) atoms. The number of urea groups is 1. The lowest BCUT2D eigenvalue weighted by molar-refractivity contribution is 0.148. The second-order valence-corrected chi connectivity index (χ2v) is 3.44. The third-order valence-corrected chi connectivity index (χ3v) is 2.07. The molecule has 3 heteroatoms. The Morgan fingerprint density at radius 1 is 1.55 bits per heavy atom. The molecular weight excluding hydrogens is 140 g/mol. The molecule has 1 aliphatic rings. The van der Waals surface area contributed by atoms with Crippen molar-refractivity contribution in [3.05, 3.63) is 12.2 Å². The van der Waals surface area contributed by atoms with Gasteiger partial charge in [-0.3, -0.25) is 0 Å². The number of nitrogens with zero attached hydrogens (tertiary/aromatic N) is 1. The number of hydrogen-bond donors (Lipinski definition) is 1. The highest BCUT2D eigenvalue weighted by Crippen LogP contribution is 2.22. The molecule has 2 amide bonds. The van der Waals surface area contributed by atoms with Crippen LogP contribution >= 0.6 is 0 Å². The molecule has 1 heterocycles. The number of hydrogen-bond acceptors (Lipinski definition) is 1. The average molecular weight is 154 g/mol. The minimum Gasteiger partial charge on any atom is -0.351 e. The van der Waals surface area contributed by atoms with Crippen molar-refractivity contribution >= 4 is 6.03 Å². The Labute approximate surface area is 66.9 Å². The van der Waals surface area contributed by atoms with Gasteiger partial charge in [0, 0.05) is 12.1 Å². The van der Waals surface area contributed by atoms with Gasteiger partial charge in [0.1, 0.15) is 0 Å². The summed E-state index contributed by atoms with van der Waals surface area (Å²) in [4.78, 5) is 12.6. The van der Waals surface area contributed by atoms with E-state index in [4.69, 9.17) is 5.73 Å². The molecule has 0 aromatic heterocycles. The molecule has 0 saturated carbocycles. The molecule has 0 aromatic rings. The van der Waals surface area contributed by atoms with Gasteiger partial charge in [-0.2, -0.15) is 0 Å². The van der Waals surface area contributed by atoms with Crippen LogP contribution in [0.15, 0.2) is 12.2 Å². The van der Waals surface area contributed by atoms with E-state index in [1.807, 2.05) is 19.9 Å². The van der Waals surface area contributed by atoms with Crippen molar-refractivity contribution in [1.29, 1.82) is 0 Å². The van der Waals surface area contributed by atoms with E-state index in [9.17, 15) is 4.79 Å². The fourth-order valence-electron chi connectivity index (χ4n) is 1.30. The van der Waals surface area contributed by atoms with Gasteiger partial charge in [0.25, 0.3) is 0 Å². The summed E-state index contributed by atoms with van der Waals surface area (Å²) < 4.78 is 0. The number of primary amides is 1. The first kappa shape index (κ1) is 8.11. The maximum atomic E-state index is 10.9. The fourth-order valence-corrected chi connectivity index (χ4v) is 1.30. The number of amides is 2. The summed E-state index contributed by atoms with van der Waals surface area (Å²) in [6.45, 7) is 4.67. The lowest BCUT2D eigenvalue weighted by atomic mass is 9.95. The first-order valence-electron chi connectivity index (χ1n) is 3.76. The Morgan fingerprint density at radius 3 is 2.55 bits per heavy atom. The Balaban J connectivity index is 2.78. The van der Waals surface area contributed by atoms with E-state index in [2.05, 4.69) is 6.08 Å². The van der Waals surface area contributed by atoms with Crippen LogP contribution in [0.5, 0.6) is 0 Å². The summed E-state index contributed by atoms with van der Waals surface area (Å²) in [6, 6.07) is -0.334. The molecule has 0 bridgehead atoms. The van der Waals surface area contributed by atoms with E-state index in [1.54, 1.807) is 4.90 Å². The van der Waals surface area contributed by atoms with E-state index < -0.39 is 0 Å². The van der Waals surface area contributed by atoms with E-state index in [0.29, 0.717) is 6.54 Å². The van der Waals surface area contributed by atoms with Gasteiger partial charge < -0.3 is 10.6 Å². The van der Waals surface area contributed by atoms with Gasteiger partial charge in [0.2, 0.25) is 0 Å². The van der Waals surface area contributed by atoms with Crippen molar-refractivity contribution < 1.29 is 4.79 Å². The quantitative estimate of drug-likeness (QED) is 0.522. The molecule has 1 aliphatic heterocycles. The molecule has 0 radical (unpaired) electrons. The molecule has 0 aromatic carbocycles. The van der Waals surface area contributed by atoms with E-state index in [-0.39, 0.29) is 11.6 Å². The van der Waals surface area contributed by atoms with Crippen LogP contribution in [0.4, 0.5) is 4.79 Å². The number of carbonyl (C=O) groups excluding carboxylic acids is 1. The van der Waals surface area contributed by atoms with Crippen LogP contribution in [0.25, 0.3) is 0 Å². The van der Waals surface area contributed by atoms with Crippen LogP contribution < -0.4 is 5.73 Å². The first-order chi connectivity index (χ1) is 5.04. The van der Waals surface area contributed by atoms with Crippen LogP contribution in [0, 0.1) is 0 Å². The predicted octanol–water partition coefficient (Wildman–Crippen LogP) is 1.11. The summed E-state index contributed by atoms with van der Waals surface area (Å²) in [5.41, 5.74) is 5.09. The van der Waals surface area contributed by atoms with Crippen molar-refractivity contribution in [2.24, 2.45) is 5.73 Å². The van der Waals surface area contributed by atoms with Crippen molar-refractivity contribution in [2.45, 2.75) is 25.8 Å². The van der Waals surface area contributed by atoms with Crippen LogP contribution in [0.2, 0.25) is 0 Å². The molecule has 2 N–H and O–H groups in total. The zero-order valence-corrected chi connectivity index (χ0v) is 7.00. The first-order valence-corrected chi connectivity index (χ1v) is 3.76. The predicted molar refractivity (Wildman–Crippen MR) is 44.1 cm³/mol. The zero-order chi connectivity index (χ0) is 8.48. The fraction of sp³-hybridized carbons (Fsp3) is 0.625. The normalized spacial score (nSPS) is 21.8. The van der Waals surface area contributed by atoms with E-state index >= 15 is 0 Å². The molecule has 0 aliphatic carbocycles. The molecule has 62 valence electrons. The third-order valence-electron chi connectivity index (χ3n) is 2.07. The maximum Gasteiger partial charge on any atom is 0.315 e. The van der Waals surface area contributed by atoms with Crippen LogP contribution in [-0.2, 0) is 0 Å². The second-order valence-electron chi connectivity index (χ2n) is 3.44. The second kappa shape index (κ2) is 2.57. The average Bonchev–Trinajstić information content (AvgIpc) is 1.85. The summed E-state index contributed by atoms with van der Waals surface area (Å²) in [5, 5.41) is 0. The van der Waals surface area contributed by atoms with Gasteiger partial charge in [0.05, 0.1) is 0 Å². The smallest absolute Gasteiger partial charge is 0.315 e. The highest BCUT2D eigenvalue weighted by Gasteiger charge is 2.29. The van der Waals surface area contributed by atoms with E-state index in [0.717, 1.165) is 6.42 Å². The van der Waals surface area contributed by atoms with Crippen molar-refractivity contribution in [3.8, 4) is 0 Å². The monoisotopic (exact) mass is 154 g/mol. The van der Waals surface area contributed by atoms with E-state index in [1.165, 1.54) is 0 Å². The lowest BCUT2D eigenvalue weighted by Crippen LogP contribution is -2.51. The summed E-state index contributed by atoms with van der Waals surface area (Å²) in [6.07, 6.45) is 4.94. The molecule has 0 spiro atoms. The molecule has 0 fully saturated rings. The minimum atomic E-state index is -0.334. The highest BCUT2D eigenvalue weighted by atomic mass is 16.2. The molecule has 0 atom stereocenters. The van der Waals surface area contributed by atoms with Crippen molar-refractivity contribution in [3.63, 3.8) is 0 Å². The molecule has 3 nitrogen and oxygen atoms in total. The van der Waals surface area contributed by atoms with Gasteiger partial charge in [-0.15, -0.1) is 0 Å². The molecular formula is C8H14N2O. The lowest BCUT2D eigenvalue weighted by Gasteiger charge is -2.38. The van der Waals surface area contributed by atoms with Crippen LogP contribution in [-0.4, -0.2) is 23.0 Å². The summed E-state index contributed by atoms with van der Waals surface area (Å²) >= 11 is 0. The topological polar surface area (TPSA) is 46.3 Å².